The minimum atomic E-state index is -0.0400. The monoisotopic (exact) mass is 283 g/mol. The van der Waals surface area contributed by atoms with Crippen molar-refractivity contribution < 1.29 is 4.79 Å². The maximum atomic E-state index is 11.6. The van der Waals surface area contributed by atoms with Gasteiger partial charge in [0.05, 0.1) is 5.54 Å². The van der Waals surface area contributed by atoms with Gasteiger partial charge in [-0.05, 0) is 31.8 Å². The molecule has 1 aliphatic heterocycles. The van der Waals surface area contributed by atoms with Crippen LogP contribution in [0.15, 0.2) is 23.3 Å². The second-order valence-electron chi connectivity index (χ2n) is 4.79. The lowest BCUT2D eigenvalue weighted by molar-refractivity contribution is -0.131. The molecule has 3 heteroatoms. The lowest BCUT2D eigenvalue weighted by atomic mass is 9.82. The third-order valence-electron chi connectivity index (χ3n) is 3.78. The highest BCUT2D eigenvalue weighted by atomic mass is 79.9. The molecule has 0 radical (unpaired) electrons. The fraction of sp³-hybridized carbons (Fsp3) is 0.615. The molecule has 2 rings (SSSR count). The molecule has 0 aromatic rings. The van der Waals surface area contributed by atoms with Gasteiger partial charge in [-0.2, -0.15) is 0 Å². The van der Waals surface area contributed by atoms with E-state index in [1.54, 1.807) is 6.92 Å². The second kappa shape index (κ2) is 4.36. The van der Waals surface area contributed by atoms with Crippen LogP contribution in [0.1, 0.15) is 33.1 Å². The van der Waals surface area contributed by atoms with Crippen molar-refractivity contribution in [2.75, 3.05) is 11.9 Å². The minimum Gasteiger partial charge on any atom is -0.333 e. The van der Waals surface area contributed by atoms with Gasteiger partial charge in [0.2, 0.25) is 5.91 Å². The smallest absolute Gasteiger partial charge is 0.220 e. The molecule has 0 unspecified atom stereocenters. The maximum absolute atomic E-state index is 11.6. The summed E-state index contributed by atoms with van der Waals surface area (Å²) in [6, 6.07) is 0. The van der Waals surface area contributed by atoms with Crippen molar-refractivity contribution in [3.05, 3.63) is 23.3 Å². The highest BCUT2D eigenvalue weighted by Crippen LogP contribution is 2.41. The van der Waals surface area contributed by atoms with Gasteiger partial charge in [-0.15, -0.1) is 0 Å². The van der Waals surface area contributed by atoms with Crippen LogP contribution in [0.3, 0.4) is 0 Å². The molecule has 1 fully saturated rings. The van der Waals surface area contributed by atoms with Crippen molar-refractivity contribution in [2.45, 2.75) is 38.6 Å². The molecule has 1 heterocycles. The average Bonchev–Trinajstić information content (AvgIpc) is 2.56. The van der Waals surface area contributed by atoms with Crippen molar-refractivity contribution in [3.8, 4) is 0 Å². The molecule has 2 nitrogen and oxygen atoms in total. The van der Waals surface area contributed by atoms with E-state index in [4.69, 9.17) is 0 Å². The van der Waals surface area contributed by atoms with Gasteiger partial charge in [0.15, 0.2) is 0 Å². The van der Waals surface area contributed by atoms with E-state index >= 15 is 0 Å². The Hall–Kier alpha value is -0.570. The zero-order valence-electron chi connectivity index (χ0n) is 9.92. The third-order valence-corrected chi connectivity index (χ3v) is 4.17. The Kier molecular flexibility index (Phi) is 3.24. The molecule has 1 saturated heterocycles. The molecule has 0 N–H and O–H groups in total. The van der Waals surface area contributed by atoms with Crippen molar-refractivity contribution in [1.82, 2.24) is 4.90 Å². The summed E-state index contributed by atoms with van der Waals surface area (Å²) >= 11 is 3.47. The Labute approximate surface area is 106 Å². The topological polar surface area (TPSA) is 20.3 Å². The highest BCUT2D eigenvalue weighted by molar-refractivity contribution is 9.09. The van der Waals surface area contributed by atoms with E-state index in [1.165, 1.54) is 11.1 Å². The summed E-state index contributed by atoms with van der Waals surface area (Å²) in [7, 11) is 0. The van der Waals surface area contributed by atoms with Gasteiger partial charge in [0.25, 0.3) is 0 Å². The second-order valence-corrected chi connectivity index (χ2v) is 5.58. The van der Waals surface area contributed by atoms with Crippen LogP contribution in [0.4, 0.5) is 0 Å². The molecule has 0 bridgehead atoms. The number of nitrogens with zero attached hydrogens (tertiary/aromatic N) is 1. The largest absolute Gasteiger partial charge is 0.333 e. The Morgan fingerprint density at radius 1 is 1.62 bits per heavy atom. The summed E-state index contributed by atoms with van der Waals surface area (Å²) in [4.78, 5) is 13.6. The average molecular weight is 284 g/mol. The Bertz CT molecular complexity index is 372. The summed E-state index contributed by atoms with van der Waals surface area (Å²) in [5.41, 5.74) is 2.80. The lowest BCUT2D eigenvalue weighted by Gasteiger charge is -2.37. The van der Waals surface area contributed by atoms with Crippen LogP contribution >= 0.6 is 15.9 Å². The predicted molar refractivity (Wildman–Crippen MR) is 69.6 cm³/mol. The van der Waals surface area contributed by atoms with Crippen LogP contribution in [-0.2, 0) is 4.79 Å². The first-order valence-electron chi connectivity index (χ1n) is 5.82. The van der Waals surface area contributed by atoms with E-state index in [0.717, 1.165) is 31.1 Å². The van der Waals surface area contributed by atoms with Crippen LogP contribution in [0.25, 0.3) is 0 Å². The van der Waals surface area contributed by atoms with Crippen LogP contribution < -0.4 is 0 Å². The number of hydrogen-bond acceptors (Lipinski definition) is 1. The third kappa shape index (κ3) is 1.86. The Morgan fingerprint density at radius 3 is 3.00 bits per heavy atom. The van der Waals surface area contributed by atoms with Gasteiger partial charge in [-0.1, -0.05) is 33.7 Å². The molecule has 0 aromatic carbocycles. The van der Waals surface area contributed by atoms with Crippen LogP contribution in [0.5, 0.6) is 0 Å². The highest BCUT2D eigenvalue weighted by Gasteiger charge is 2.42. The zero-order valence-corrected chi connectivity index (χ0v) is 11.5. The van der Waals surface area contributed by atoms with Gasteiger partial charge in [0.1, 0.15) is 0 Å². The Morgan fingerprint density at radius 2 is 2.38 bits per heavy atom. The molecular formula is C13H18BrNO. The standard InChI is InChI=1S/C13H18BrNO/c1-10(16)15-8-5-12-9-11(4-7-14)3-6-13(12,15)2/h3,9H,4-8H2,1-2H3/t13-/m0/s1. The van der Waals surface area contributed by atoms with Gasteiger partial charge < -0.3 is 4.90 Å². The number of hydrogen-bond donors (Lipinski definition) is 0. The first kappa shape index (κ1) is 11.9. The fourth-order valence-electron chi connectivity index (χ4n) is 2.79. The fourth-order valence-corrected chi connectivity index (χ4v) is 3.25. The molecule has 1 amide bonds. The van der Waals surface area contributed by atoms with Crippen LogP contribution in [-0.4, -0.2) is 28.2 Å². The Balaban J connectivity index is 2.23. The van der Waals surface area contributed by atoms with Crippen molar-refractivity contribution in [2.24, 2.45) is 0 Å². The van der Waals surface area contributed by atoms with Crippen molar-refractivity contribution >= 4 is 21.8 Å². The van der Waals surface area contributed by atoms with E-state index in [0.29, 0.717) is 0 Å². The number of carbonyl (C=O) groups excluding carboxylic acids is 1. The number of amides is 1. The number of allylic oxidation sites excluding steroid dienone is 2. The maximum Gasteiger partial charge on any atom is 0.220 e. The van der Waals surface area contributed by atoms with Crippen molar-refractivity contribution in [1.29, 1.82) is 0 Å². The first-order valence-corrected chi connectivity index (χ1v) is 6.94. The van der Waals surface area contributed by atoms with Gasteiger partial charge in [-0.3, -0.25) is 4.79 Å². The molecule has 16 heavy (non-hydrogen) atoms. The van der Waals surface area contributed by atoms with E-state index in [2.05, 4.69) is 35.0 Å². The summed E-state index contributed by atoms with van der Waals surface area (Å²) in [5.74, 6) is 0.197. The lowest BCUT2D eigenvalue weighted by Crippen LogP contribution is -2.45. The first-order chi connectivity index (χ1) is 7.58. The number of carbonyl (C=O) groups is 1. The molecule has 0 saturated carbocycles. The molecule has 1 atom stereocenters. The number of rotatable bonds is 2. The number of halogens is 1. The number of alkyl halides is 1. The molecule has 0 aromatic heterocycles. The van der Waals surface area contributed by atoms with Crippen LogP contribution in [0, 0.1) is 0 Å². The van der Waals surface area contributed by atoms with E-state index in [9.17, 15) is 4.79 Å². The summed E-state index contributed by atoms with van der Waals surface area (Å²) in [6.45, 7) is 4.74. The van der Waals surface area contributed by atoms with E-state index in [-0.39, 0.29) is 11.4 Å². The predicted octanol–water partition coefficient (Wildman–Crippen LogP) is 3.04. The van der Waals surface area contributed by atoms with E-state index in [1.807, 2.05) is 4.90 Å². The van der Waals surface area contributed by atoms with Gasteiger partial charge in [0, 0.05) is 18.8 Å². The van der Waals surface area contributed by atoms with E-state index < -0.39 is 0 Å². The summed E-state index contributed by atoms with van der Waals surface area (Å²) in [6.07, 6.45) is 7.68. The van der Waals surface area contributed by atoms with Crippen LogP contribution in [0.2, 0.25) is 0 Å². The zero-order chi connectivity index (χ0) is 11.8. The number of fused-ring (bicyclic) bond motifs is 1. The quantitative estimate of drug-likeness (QED) is 0.714. The van der Waals surface area contributed by atoms with Crippen molar-refractivity contribution in [3.63, 3.8) is 0 Å². The summed E-state index contributed by atoms with van der Waals surface area (Å²) < 4.78 is 0. The SMILES string of the molecule is CC(=O)N1CCC2=CC(CCBr)=CC[C@@]21C. The number of likely N-dealkylation sites (tertiary alicyclic amines) is 1. The summed E-state index contributed by atoms with van der Waals surface area (Å²) in [5, 5.41) is 1.01. The van der Waals surface area contributed by atoms with Gasteiger partial charge >= 0.3 is 0 Å². The molecule has 0 spiro atoms. The molecular weight excluding hydrogens is 266 g/mol. The molecule has 1 aliphatic carbocycles. The normalized spacial score (nSPS) is 28.6. The molecule has 88 valence electrons. The molecule has 2 aliphatic rings. The minimum absolute atomic E-state index is 0.0400. The van der Waals surface area contributed by atoms with Gasteiger partial charge in [-0.25, -0.2) is 0 Å².